The Morgan fingerprint density at radius 2 is 1.72 bits per heavy atom. The highest BCUT2D eigenvalue weighted by Crippen LogP contribution is 2.30. The van der Waals surface area contributed by atoms with Gasteiger partial charge < -0.3 is 14.2 Å². The number of furan rings is 1. The third-order valence-electron chi connectivity index (χ3n) is 6.37. The fourth-order valence-electron chi connectivity index (χ4n) is 4.24. The first-order chi connectivity index (χ1) is 17.5. The van der Waals surface area contributed by atoms with Gasteiger partial charge in [-0.3, -0.25) is 14.5 Å². The van der Waals surface area contributed by atoms with Gasteiger partial charge >= 0.3 is 0 Å². The van der Waals surface area contributed by atoms with Crippen LogP contribution in [0, 0.1) is 0 Å². The minimum atomic E-state index is -0.0587. The van der Waals surface area contributed by atoms with Gasteiger partial charge in [0.15, 0.2) is 5.76 Å². The summed E-state index contributed by atoms with van der Waals surface area (Å²) >= 11 is 0. The summed E-state index contributed by atoms with van der Waals surface area (Å²) in [5.41, 5.74) is 3.18. The zero-order valence-corrected chi connectivity index (χ0v) is 20.5. The van der Waals surface area contributed by atoms with Crippen LogP contribution in [0.1, 0.15) is 5.56 Å². The van der Waals surface area contributed by atoms with Crippen molar-refractivity contribution in [3.63, 3.8) is 0 Å². The van der Waals surface area contributed by atoms with E-state index in [1.54, 1.807) is 35.8 Å². The zero-order valence-electron chi connectivity index (χ0n) is 20.5. The maximum absolute atomic E-state index is 13.0. The normalized spacial score (nSPS) is 14.6. The Bertz CT molecular complexity index is 1360. The quantitative estimate of drug-likeness (QED) is 0.392. The molecule has 0 spiro atoms. The molecule has 1 aliphatic rings. The summed E-state index contributed by atoms with van der Waals surface area (Å²) < 4.78 is 7.88. The van der Waals surface area contributed by atoms with E-state index < -0.39 is 0 Å². The summed E-state index contributed by atoms with van der Waals surface area (Å²) in [4.78, 5) is 30.4. The lowest BCUT2D eigenvalue weighted by molar-refractivity contribution is -0.131. The standard InChI is InChI=1S/C28H29N5O3/c1-30(2)27(35)20-31-14-16-32(17-15-31)26(34)13-12-22-19-33(23-9-4-3-5-10-23)29-28(22)25-18-21-8-6-7-11-24(21)36-25/h3-13,18-19H,14-17,20H2,1-2H3/b13-12-. The number of hydrogen-bond donors (Lipinski definition) is 0. The molecule has 0 bridgehead atoms. The zero-order chi connectivity index (χ0) is 25.1. The molecule has 0 saturated carbocycles. The number of hydrogen-bond acceptors (Lipinski definition) is 5. The largest absolute Gasteiger partial charge is 0.454 e. The van der Waals surface area contributed by atoms with Crippen LogP contribution in [-0.2, 0) is 9.59 Å². The number of amides is 2. The second-order valence-corrected chi connectivity index (χ2v) is 9.08. The van der Waals surface area contributed by atoms with Crippen LogP contribution in [0.25, 0.3) is 34.2 Å². The molecule has 0 unspecified atom stereocenters. The van der Waals surface area contributed by atoms with Crippen LogP contribution in [0.3, 0.4) is 0 Å². The third kappa shape index (κ3) is 5.08. The Balaban J connectivity index is 1.36. The first-order valence-corrected chi connectivity index (χ1v) is 12.0. The van der Waals surface area contributed by atoms with Gasteiger partial charge in [0.25, 0.3) is 0 Å². The highest BCUT2D eigenvalue weighted by atomic mass is 16.3. The Labute approximate surface area is 210 Å². The lowest BCUT2D eigenvalue weighted by Crippen LogP contribution is -2.50. The lowest BCUT2D eigenvalue weighted by atomic mass is 10.1. The summed E-state index contributed by atoms with van der Waals surface area (Å²) in [6.07, 6.45) is 5.31. The molecule has 1 aliphatic heterocycles. The van der Waals surface area contributed by atoms with E-state index in [0.717, 1.165) is 22.2 Å². The maximum Gasteiger partial charge on any atom is 0.246 e. The van der Waals surface area contributed by atoms with Gasteiger partial charge in [-0.15, -0.1) is 0 Å². The molecule has 1 fully saturated rings. The number of benzene rings is 2. The molecular weight excluding hydrogens is 454 g/mol. The van der Waals surface area contributed by atoms with Gasteiger partial charge in [0, 0.05) is 63.5 Å². The lowest BCUT2D eigenvalue weighted by Gasteiger charge is -2.34. The molecule has 8 nitrogen and oxygen atoms in total. The van der Waals surface area contributed by atoms with Gasteiger partial charge in [-0.25, -0.2) is 4.68 Å². The van der Waals surface area contributed by atoms with E-state index >= 15 is 0 Å². The number of para-hydroxylation sites is 2. The first kappa shape index (κ1) is 23.6. The molecule has 2 aromatic heterocycles. The van der Waals surface area contributed by atoms with Gasteiger partial charge in [-0.05, 0) is 30.3 Å². The number of fused-ring (bicyclic) bond motifs is 1. The van der Waals surface area contributed by atoms with Crippen molar-refractivity contribution in [3.8, 4) is 17.1 Å². The number of likely N-dealkylation sites (N-methyl/N-ethyl adjacent to an activating group) is 1. The molecule has 5 rings (SSSR count). The van der Waals surface area contributed by atoms with Crippen molar-refractivity contribution in [1.29, 1.82) is 0 Å². The Morgan fingerprint density at radius 1 is 1.00 bits per heavy atom. The van der Waals surface area contributed by atoms with Crippen molar-refractivity contribution >= 4 is 28.9 Å². The van der Waals surface area contributed by atoms with E-state index in [1.807, 2.05) is 71.8 Å². The average Bonchev–Trinajstić information content (AvgIpc) is 3.52. The predicted molar refractivity (Wildman–Crippen MR) is 140 cm³/mol. The number of carbonyl (C=O) groups is 2. The highest BCUT2D eigenvalue weighted by molar-refractivity contribution is 5.93. The third-order valence-corrected chi connectivity index (χ3v) is 6.37. The van der Waals surface area contributed by atoms with Crippen LogP contribution in [0.15, 0.2) is 77.4 Å². The van der Waals surface area contributed by atoms with Gasteiger partial charge in [0.2, 0.25) is 11.8 Å². The monoisotopic (exact) mass is 483 g/mol. The van der Waals surface area contributed by atoms with E-state index in [1.165, 1.54) is 0 Å². The first-order valence-electron chi connectivity index (χ1n) is 12.0. The summed E-state index contributed by atoms with van der Waals surface area (Å²) in [7, 11) is 3.51. The van der Waals surface area contributed by atoms with Crippen LogP contribution >= 0.6 is 0 Å². The average molecular weight is 484 g/mol. The van der Waals surface area contributed by atoms with E-state index in [4.69, 9.17) is 9.52 Å². The van der Waals surface area contributed by atoms with Crippen LogP contribution < -0.4 is 0 Å². The minimum Gasteiger partial charge on any atom is -0.454 e. The second-order valence-electron chi connectivity index (χ2n) is 9.08. The Hall–Kier alpha value is -4.17. The number of aromatic nitrogens is 2. The molecule has 8 heteroatoms. The SMILES string of the molecule is CN(C)C(=O)CN1CCN(C(=O)/C=C\c2cn(-c3ccccc3)nc2-c2cc3ccccc3o2)CC1. The molecule has 184 valence electrons. The molecule has 2 amide bonds. The van der Waals surface area contributed by atoms with Gasteiger partial charge in [0.05, 0.1) is 12.2 Å². The fourth-order valence-corrected chi connectivity index (χ4v) is 4.24. The summed E-state index contributed by atoms with van der Waals surface area (Å²) in [5, 5.41) is 5.79. The van der Waals surface area contributed by atoms with Gasteiger partial charge in [-0.1, -0.05) is 36.4 Å². The summed E-state index contributed by atoms with van der Waals surface area (Å²) in [6, 6.07) is 19.7. The van der Waals surface area contributed by atoms with Crippen molar-refractivity contribution in [1.82, 2.24) is 24.5 Å². The van der Waals surface area contributed by atoms with Crippen molar-refractivity contribution in [2.24, 2.45) is 0 Å². The second kappa shape index (κ2) is 10.2. The van der Waals surface area contributed by atoms with Crippen molar-refractivity contribution in [2.45, 2.75) is 0 Å². The number of carbonyl (C=O) groups excluding carboxylic acids is 2. The molecule has 3 heterocycles. The van der Waals surface area contributed by atoms with Crippen molar-refractivity contribution in [2.75, 3.05) is 46.8 Å². The number of rotatable bonds is 6. The highest BCUT2D eigenvalue weighted by Gasteiger charge is 2.22. The van der Waals surface area contributed by atoms with E-state index in [-0.39, 0.29) is 11.8 Å². The minimum absolute atomic E-state index is 0.0587. The van der Waals surface area contributed by atoms with Crippen molar-refractivity contribution in [3.05, 3.63) is 78.5 Å². The maximum atomic E-state index is 13.0. The molecule has 1 saturated heterocycles. The topological polar surface area (TPSA) is 74.8 Å². The Kier molecular flexibility index (Phi) is 6.69. The van der Waals surface area contributed by atoms with Gasteiger partial charge in [0.1, 0.15) is 11.3 Å². The van der Waals surface area contributed by atoms with Gasteiger partial charge in [-0.2, -0.15) is 5.10 Å². The molecule has 2 aromatic carbocycles. The molecule has 0 atom stereocenters. The Morgan fingerprint density at radius 3 is 2.44 bits per heavy atom. The van der Waals surface area contributed by atoms with Crippen LogP contribution in [-0.4, -0.2) is 83.1 Å². The van der Waals surface area contributed by atoms with Crippen LogP contribution in [0.4, 0.5) is 0 Å². The molecule has 36 heavy (non-hydrogen) atoms. The number of nitrogens with zero attached hydrogens (tertiary/aromatic N) is 5. The molecule has 0 N–H and O–H groups in total. The summed E-state index contributed by atoms with van der Waals surface area (Å²) in [5.74, 6) is 0.664. The van der Waals surface area contributed by atoms with E-state index in [9.17, 15) is 9.59 Å². The van der Waals surface area contributed by atoms with E-state index in [0.29, 0.717) is 44.2 Å². The predicted octanol–water partition coefficient (Wildman–Crippen LogP) is 3.53. The molecule has 4 aromatic rings. The molecular formula is C28H29N5O3. The fraction of sp³-hybridized carbons (Fsp3) is 0.250. The van der Waals surface area contributed by atoms with E-state index in [2.05, 4.69) is 4.90 Å². The van der Waals surface area contributed by atoms with Crippen LogP contribution in [0.2, 0.25) is 0 Å². The molecule has 0 aliphatic carbocycles. The van der Waals surface area contributed by atoms with Crippen molar-refractivity contribution < 1.29 is 14.0 Å². The number of piperazine rings is 1. The van der Waals surface area contributed by atoms with Crippen LogP contribution in [0.5, 0.6) is 0 Å². The molecule has 0 radical (unpaired) electrons. The summed E-state index contributed by atoms with van der Waals surface area (Å²) in [6.45, 7) is 2.91. The smallest absolute Gasteiger partial charge is 0.246 e.